The van der Waals surface area contributed by atoms with Gasteiger partial charge >= 0.3 is 0 Å². The Kier molecular flexibility index (Phi) is 4.22. The monoisotopic (exact) mass is 262 g/mol. The van der Waals surface area contributed by atoms with Crippen molar-refractivity contribution >= 4 is 11.6 Å². The van der Waals surface area contributed by atoms with Crippen LogP contribution in [0.1, 0.15) is 16.7 Å². The zero-order valence-electron chi connectivity index (χ0n) is 12.1. The van der Waals surface area contributed by atoms with Crippen molar-refractivity contribution < 1.29 is 9.53 Å². The third kappa shape index (κ3) is 2.96. The predicted molar refractivity (Wildman–Crippen MR) is 76.7 cm³/mol. The summed E-state index contributed by atoms with van der Waals surface area (Å²) in [6.07, 6.45) is -0.376. The molecule has 1 heterocycles. The third-order valence-corrected chi connectivity index (χ3v) is 3.50. The van der Waals surface area contributed by atoms with Gasteiger partial charge in [-0.25, -0.2) is 0 Å². The fourth-order valence-corrected chi connectivity index (χ4v) is 2.75. The minimum atomic E-state index is -0.376. The van der Waals surface area contributed by atoms with Gasteiger partial charge in [-0.3, -0.25) is 4.79 Å². The Morgan fingerprint density at radius 2 is 1.95 bits per heavy atom. The van der Waals surface area contributed by atoms with Gasteiger partial charge < -0.3 is 15.0 Å². The minimum Gasteiger partial charge on any atom is -0.366 e. The lowest BCUT2D eigenvalue weighted by Crippen LogP contribution is -2.48. The summed E-state index contributed by atoms with van der Waals surface area (Å²) < 4.78 is 5.53. The molecule has 0 radical (unpaired) electrons. The molecule has 19 heavy (non-hydrogen) atoms. The zero-order chi connectivity index (χ0) is 14.0. The molecular formula is C15H22N2O2. The molecule has 0 saturated carbocycles. The van der Waals surface area contributed by atoms with Gasteiger partial charge in [-0.15, -0.1) is 0 Å². The second-order valence-corrected chi connectivity index (χ2v) is 5.21. The van der Waals surface area contributed by atoms with Gasteiger partial charge in [0, 0.05) is 25.8 Å². The number of hydrogen-bond acceptors (Lipinski definition) is 3. The van der Waals surface area contributed by atoms with Gasteiger partial charge in [0.2, 0.25) is 0 Å². The van der Waals surface area contributed by atoms with E-state index in [4.69, 9.17) is 4.74 Å². The number of ether oxygens (including phenoxy) is 1. The molecule has 1 fully saturated rings. The highest BCUT2D eigenvalue weighted by Crippen LogP contribution is 2.26. The van der Waals surface area contributed by atoms with Gasteiger partial charge in [-0.05, 0) is 31.9 Å². The fraction of sp³-hybridized carbons (Fsp3) is 0.533. The van der Waals surface area contributed by atoms with E-state index in [-0.39, 0.29) is 12.0 Å². The van der Waals surface area contributed by atoms with E-state index in [1.807, 2.05) is 20.9 Å². The molecule has 4 nitrogen and oxygen atoms in total. The Bertz CT molecular complexity index is 456. The van der Waals surface area contributed by atoms with Crippen molar-refractivity contribution in [1.29, 1.82) is 0 Å². The summed E-state index contributed by atoms with van der Waals surface area (Å²) in [5.41, 5.74) is 4.45. The number of nitrogens with one attached hydrogen (secondary N) is 1. The zero-order valence-corrected chi connectivity index (χ0v) is 12.1. The summed E-state index contributed by atoms with van der Waals surface area (Å²) >= 11 is 0. The number of nitrogens with zero attached hydrogens (tertiary/aromatic N) is 1. The molecule has 1 N–H and O–H groups in total. The lowest BCUT2D eigenvalue weighted by molar-refractivity contribution is -0.131. The van der Waals surface area contributed by atoms with Crippen LogP contribution in [-0.4, -0.2) is 38.8 Å². The number of morpholine rings is 1. The van der Waals surface area contributed by atoms with Crippen LogP contribution in [0.25, 0.3) is 0 Å². The van der Waals surface area contributed by atoms with Crippen molar-refractivity contribution in [3.63, 3.8) is 0 Å². The Morgan fingerprint density at radius 1 is 1.32 bits per heavy atom. The molecular weight excluding hydrogens is 240 g/mol. The van der Waals surface area contributed by atoms with Gasteiger partial charge in [0.15, 0.2) is 0 Å². The summed E-state index contributed by atoms with van der Waals surface area (Å²) in [5, 5.41) is 3.19. The lowest BCUT2D eigenvalue weighted by atomic mass is 10.0. The number of hydrogen-bond donors (Lipinski definition) is 1. The number of carbonyl (C=O) groups excluding carboxylic acids is 1. The molecule has 2 rings (SSSR count). The number of rotatable bonds is 2. The fourth-order valence-electron chi connectivity index (χ4n) is 2.75. The first kappa shape index (κ1) is 14.0. The van der Waals surface area contributed by atoms with Crippen molar-refractivity contribution in [3.8, 4) is 0 Å². The maximum atomic E-state index is 12.4. The van der Waals surface area contributed by atoms with Crippen molar-refractivity contribution in [2.24, 2.45) is 0 Å². The van der Waals surface area contributed by atoms with Crippen molar-refractivity contribution in [2.75, 3.05) is 31.6 Å². The second kappa shape index (κ2) is 5.72. The average molecular weight is 262 g/mol. The van der Waals surface area contributed by atoms with Crippen LogP contribution in [0.3, 0.4) is 0 Å². The molecule has 1 saturated heterocycles. The predicted octanol–water partition coefficient (Wildman–Crippen LogP) is 1.56. The average Bonchev–Trinajstić information content (AvgIpc) is 2.37. The van der Waals surface area contributed by atoms with Crippen LogP contribution >= 0.6 is 0 Å². The van der Waals surface area contributed by atoms with E-state index in [0.29, 0.717) is 13.2 Å². The summed E-state index contributed by atoms with van der Waals surface area (Å²) in [6, 6.07) is 4.21. The molecule has 4 heteroatoms. The van der Waals surface area contributed by atoms with Gasteiger partial charge in [-0.2, -0.15) is 0 Å². The summed E-state index contributed by atoms with van der Waals surface area (Å²) in [7, 11) is 1.82. The Morgan fingerprint density at radius 3 is 2.47 bits per heavy atom. The van der Waals surface area contributed by atoms with Crippen LogP contribution in [-0.2, 0) is 9.53 Å². The topological polar surface area (TPSA) is 41.6 Å². The SMILES string of the molecule is Cc1cc(C)c(N(C)C(=O)C2CNCCO2)c(C)c1. The highest BCUT2D eigenvalue weighted by Gasteiger charge is 2.26. The van der Waals surface area contributed by atoms with E-state index in [9.17, 15) is 4.79 Å². The van der Waals surface area contributed by atoms with E-state index in [2.05, 4.69) is 24.4 Å². The van der Waals surface area contributed by atoms with E-state index in [1.165, 1.54) is 5.56 Å². The van der Waals surface area contributed by atoms with Gasteiger partial charge in [0.05, 0.1) is 6.61 Å². The summed E-state index contributed by atoms with van der Waals surface area (Å²) in [6.45, 7) is 8.15. The molecule has 104 valence electrons. The van der Waals surface area contributed by atoms with Gasteiger partial charge in [0.1, 0.15) is 6.10 Å². The van der Waals surface area contributed by atoms with Gasteiger partial charge in [-0.1, -0.05) is 17.7 Å². The van der Waals surface area contributed by atoms with Crippen LogP contribution in [0, 0.1) is 20.8 Å². The first-order valence-electron chi connectivity index (χ1n) is 6.68. The first-order valence-corrected chi connectivity index (χ1v) is 6.68. The van der Waals surface area contributed by atoms with Crippen LogP contribution in [0.4, 0.5) is 5.69 Å². The van der Waals surface area contributed by atoms with E-state index < -0.39 is 0 Å². The number of aryl methyl sites for hydroxylation is 3. The standard InChI is InChI=1S/C15H22N2O2/c1-10-7-11(2)14(12(3)8-10)17(4)15(18)13-9-16-5-6-19-13/h7-8,13,16H,5-6,9H2,1-4H3. The van der Waals surface area contributed by atoms with E-state index in [1.54, 1.807) is 4.90 Å². The van der Waals surface area contributed by atoms with E-state index in [0.717, 1.165) is 23.4 Å². The number of anilines is 1. The first-order chi connectivity index (χ1) is 9.00. The largest absolute Gasteiger partial charge is 0.366 e. The highest BCUT2D eigenvalue weighted by molar-refractivity contribution is 5.97. The number of likely N-dealkylation sites (N-methyl/N-ethyl adjacent to an activating group) is 1. The molecule has 1 aromatic carbocycles. The maximum absolute atomic E-state index is 12.4. The maximum Gasteiger partial charge on any atom is 0.257 e. The molecule has 1 atom stereocenters. The number of carbonyl (C=O) groups is 1. The van der Waals surface area contributed by atoms with E-state index >= 15 is 0 Å². The van der Waals surface area contributed by atoms with Crippen molar-refractivity contribution in [3.05, 3.63) is 28.8 Å². The van der Waals surface area contributed by atoms with Crippen LogP contribution in [0.2, 0.25) is 0 Å². The molecule has 0 spiro atoms. The lowest BCUT2D eigenvalue weighted by Gasteiger charge is -2.29. The minimum absolute atomic E-state index is 0.0160. The Labute approximate surface area is 114 Å². The molecule has 1 unspecified atom stereocenters. The Hall–Kier alpha value is -1.39. The molecule has 1 amide bonds. The Balaban J connectivity index is 2.23. The molecule has 1 aliphatic rings. The molecule has 1 aliphatic heterocycles. The van der Waals surface area contributed by atoms with Crippen LogP contribution in [0.5, 0.6) is 0 Å². The smallest absolute Gasteiger partial charge is 0.257 e. The van der Waals surface area contributed by atoms with Crippen LogP contribution in [0.15, 0.2) is 12.1 Å². The summed E-state index contributed by atoms with van der Waals surface area (Å²) in [4.78, 5) is 14.2. The molecule has 0 bridgehead atoms. The highest BCUT2D eigenvalue weighted by atomic mass is 16.5. The van der Waals surface area contributed by atoms with Crippen molar-refractivity contribution in [1.82, 2.24) is 5.32 Å². The molecule has 0 aromatic heterocycles. The number of benzene rings is 1. The van der Waals surface area contributed by atoms with Crippen LogP contribution < -0.4 is 10.2 Å². The molecule has 0 aliphatic carbocycles. The van der Waals surface area contributed by atoms with Gasteiger partial charge in [0.25, 0.3) is 5.91 Å². The third-order valence-electron chi connectivity index (χ3n) is 3.50. The summed E-state index contributed by atoms with van der Waals surface area (Å²) in [5.74, 6) is 0.0160. The molecule has 1 aromatic rings. The number of amides is 1. The van der Waals surface area contributed by atoms with Crippen molar-refractivity contribution in [2.45, 2.75) is 26.9 Å². The quantitative estimate of drug-likeness (QED) is 0.879. The second-order valence-electron chi connectivity index (χ2n) is 5.21. The normalized spacial score (nSPS) is 19.3.